The van der Waals surface area contributed by atoms with Gasteiger partial charge in [0.15, 0.2) is 5.96 Å². The van der Waals surface area contributed by atoms with E-state index >= 15 is 0 Å². The highest BCUT2D eigenvalue weighted by molar-refractivity contribution is 7.11. The molecule has 2 heterocycles. The molecule has 0 radical (unpaired) electrons. The summed E-state index contributed by atoms with van der Waals surface area (Å²) >= 11 is 1.70. The van der Waals surface area contributed by atoms with E-state index < -0.39 is 0 Å². The van der Waals surface area contributed by atoms with E-state index in [1.165, 1.54) is 10.4 Å². The Morgan fingerprint density at radius 2 is 2.00 bits per heavy atom. The molecule has 0 saturated carbocycles. The van der Waals surface area contributed by atoms with Gasteiger partial charge in [0.25, 0.3) is 0 Å². The first-order valence-corrected chi connectivity index (χ1v) is 9.67. The van der Waals surface area contributed by atoms with Gasteiger partial charge in [-0.25, -0.2) is 9.98 Å². The number of nitrogens with two attached hydrogens (primary N) is 1. The van der Waals surface area contributed by atoms with E-state index in [9.17, 15) is 0 Å². The number of aliphatic imine (C=N–C) groups is 1. The zero-order chi connectivity index (χ0) is 17.6. The van der Waals surface area contributed by atoms with E-state index in [1.807, 2.05) is 13.8 Å². The Bertz CT molecular complexity index is 702. The summed E-state index contributed by atoms with van der Waals surface area (Å²) in [6.07, 6.45) is 2.20. The molecule has 2 aromatic rings. The summed E-state index contributed by atoms with van der Waals surface area (Å²) < 4.78 is 0. The van der Waals surface area contributed by atoms with E-state index in [4.69, 9.17) is 5.73 Å². The van der Waals surface area contributed by atoms with Crippen molar-refractivity contribution in [3.8, 4) is 0 Å². The average molecular weight is 358 g/mol. The lowest BCUT2D eigenvalue weighted by Crippen LogP contribution is -2.46. The lowest BCUT2D eigenvalue weighted by atomic mass is 10.0. The van der Waals surface area contributed by atoms with Gasteiger partial charge in [-0.05, 0) is 32.3 Å². The van der Waals surface area contributed by atoms with Crippen molar-refractivity contribution >= 4 is 17.3 Å². The third-order valence-electron chi connectivity index (χ3n) is 4.58. The highest BCUT2D eigenvalue weighted by Crippen LogP contribution is 2.18. The maximum atomic E-state index is 6.08. The average Bonchev–Trinajstić information content (AvgIpc) is 2.93. The molecule has 0 amide bonds. The van der Waals surface area contributed by atoms with Crippen LogP contribution in [-0.4, -0.2) is 35.0 Å². The number of likely N-dealkylation sites (tertiary alicyclic amines) is 1. The number of aromatic nitrogens is 1. The fraction of sp³-hybridized carbons (Fsp3) is 0.474. The number of hydrogen-bond acceptors (Lipinski definition) is 4. The largest absolute Gasteiger partial charge is 0.370 e. The molecule has 3 N–H and O–H groups in total. The van der Waals surface area contributed by atoms with Crippen LogP contribution in [0.1, 0.15) is 34.0 Å². The van der Waals surface area contributed by atoms with Crippen molar-refractivity contribution in [3.05, 3.63) is 51.5 Å². The molecule has 6 heteroatoms. The third-order valence-corrected chi connectivity index (χ3v) is 5.64. The van der Waals surface area contributed by atoms with E-state index in [1.54, 1.807) is 11.3 Å². The second-order valence-corrected chi connectivity index (χ2v) is 7.91. The molecule has 1 saturated heterocycles. The van der Waals surface area contributed by atoms with Crippen LogP contribution < -0.4 is 11.1 Å². The number of guanidine groups is 1. The van der Waals surface area contributed by atoms with Crippen molar-refractivity contribution in [2.24, 2.45) is 10.7 Å². The minimum absolute atomic E-state index is 0.417. The first-order chi connectivity index (χ1) is 12.1. The molecule has 134 valence electrons. The summed E-state index contributed by atoms with van der Waals surface area (Å²) in [6.45, 7) is 7.88. The molecule has 1 aliphatic rings. The molecule has 5 nitrogen and oxygen atoms in total. The Hall–Kier alpha value is -1.92. The lowest BCUT2D eigenvalue weighted by molar-refractivity contribution is 0.199. The number of nitrogens with zero attached hydrogens (tertiary/aromatic N) is 3. The van der Waals surface area contributed by atoms with Gasteiger partial charge in [-0.2, -0.15) is 0 Å². The Balaban J connectivity index is 1.43. The van der Waals surface area contributed by atoms with Crippen LogP contribution in [0.5, 0.6) is 0 Å². The second-order valence-electron chi connectivity index (χ2n) is 6.62. The van der Waals surface area contributed by atoms with Crippen molar-refractivity contribution in [2.45, 2.75) is 45.8 Å². The molecule has 3 rings (SSSR count). The monoisotopic (exact) mass is 357 g/mol. The van der Waals surface area contributed by atoms with E-state index in [2.05, 4.69) is 50.5 Å². The molecule has 1 fully saturated rings. The fourth-order valence-corrected chi connectivity index (χ4v) is 4.07. The van der Waals surface area contributed by atoms with Gasteiger partial charge in [0.2, 0.25) is 0 Å². The standard InChI is InChI=1S/C19H27N5S/c1-14-18(25-15(2)22-14)12-21-19(20)23-17-8-10-24(11-9-17)13-16-6-4-3-5-7-16/h3-7,17H,8-13H2,1-2H3,(H3,20,21,23). The number of rotatable bonds is 5. The van der Waals surface area contributed by atoms with Crippen LogP contribution in [0.3, 0.4) is 0 Å². The number of hydrogen-bond donors (Lipinski definition) is 2. The number of benzene rings is 1. The first-order valence-electron chi connectivity index (χ1n) is 8.86. The van der Waals surface area contributed by atoms with Crippen molar-refractivity contribution < 1.29 is 0 Å². The van der Waals surface area contributed by atoms with Gasteiger partial charge < -0.3 is 11.1 Å². The molecule has 0 bridgehead atoms. The van der Waals surface area contributed by atoms with Crippen LogP contribution in [0.15, 0.2) is 35.3 Å². The van der Waals surface area contributed by atoms with Gasteiger partial charge in [-0.1, -0.05) is 30.3 Å². The SMILES string of the molecule is Cc1nc(C)c(CN=C(N)NC2CCN(Cc3ccccc3)CC2)s1. The topological polar surface area (TPSA) is 66.5 Å². The van der Waals surface area contributed by atoms with Crippen LogP contribution >= 0.6 is 11.3 Å². The van der Waals surface area contributed by atoms with Gasteiger partial charge in [-0.15, -0.1) is 11.3 Å². The molecule has 1 aliphatic heterocycles. The molecule has 0 spiro atoms. The van der Waals surface area contributed by atoms with Crippen molar-refractivity contribution in [1.82, 2.24) is 15.2 Å². The molecular weight excluding hydrogens is 330 g/mol. The third kappa shape index (κ3) is 5.28. The number of piperidine rings is 1. The minimum atomic E-state index is 0.417. The summed E-state index contributed by atoms with van der Waals surface area (Å²) in [5, 5.41) is 4.47. The van der Waals surface area contributed by atoms with Gasteiger partial charge in [0, 0.05) is 30.6 Å². The maximum Gasteiger partial charge on any atom is 0.189 e. The number of thiazole rings is 1. The normalized spacial score (nSPS) is 17.0. The van der Waals surface area contributed by atoms with Gasteiger partial charge >= 0.3 is 0 Å². The smallest absolute Gasteiger partial charge is 0.189 e. The second kappa shape index (κ2) is 8.45. The number of aryl methyl sites for hydroxylation is 2. The Labute approximate surface area is 154 Å². The molecule has 25 heavy (non-hydrogen) atoms. The van der Waals surface area contributed by atoms with Crippen LogP contribution in [0.4, 0.5) is 0 Å². The molecule has 0 aliphatic carbocycles. The highest BCUT2D eigenvalue weighted by atomic mass is 32.1. The predicted octanol–water partition coefficient (Wildman–Crippen LogP) is 2.83. The Morgan fingerprint density at radius 3 is 2.64 bits per heavy atom. The van der Waals surface area contributed by atoms with Gasteiger partial charge in [0.05, 0.1) is 17.2 Å². The van der Waals surface area contributed by atoms with E-state index in [0.29, 0.717) is 18.5 Å². The van der Waals surface area contributed by atoms with Crippen molar-refractivity contribution in [2.75, 3.05) is 13.1 Å². The van der Waals surface area contributed by atoms with Gasteiger partial charge in [-0.3, -0.25) is 4.90 Å². The molecule has 0 unspecified atom stereocenters. The van der Waals surface area contributed by atoms with Gasteiger partial charge in [0.1, 0.15) is 0 Å². The zero-order valence-electron chi connectivity index (χ0n) is 15.0. The van der Waals surface area contributed by atoms with Crippen molar-refractivity contribution in [3.63, 3.8) is 0 Å². The summed E-state index contributed by atoms with van der Waals surface area (Å²) in [7, 11) is 0. The summed E-state index contributed by atoms with van der Waals surface area (Å²) in [5.41, 5.74) is 8.52. The fourth-order valence-electron chi connectivity index (χ4n) is 3.21. The molecular formula is C19H27N5S. The molecule has 0 atom stereocenters. The Kier molecular flexibility index (Phi) is 6.04. The Morgan fingerprint density at radius 1 is 1.28 bits per heavy atom. The van der Waals surface area contributed by atoms with E-state index in [-0.39, 0.29) is 0 Å². The van der Waals surface area contributed by atoms with Crippen LogP contribution in [-0.2, 0) is 13.1 Å². The molecule has 1 aromatic carbocycles. The number of nitrogens with one attached hydrogen (secondary N) is 1. The minimum Gasteiger partial charge on any atom is -0.370 e. The quantitative estimate of drug-likeness (QED) is 0.638. The zero-order valence-corrected chi connectivity index (χ0v) is 15.9. The maximum absolute atomic E-state index is 6.08. The highest BCUT2D eigenvalue weighted by Gasteiger charge is 2.19. The van der Waals surface area contributed by atoms with Crippen LogP contribution in [0.2, 0.25) is 0 Å². The molecule has 1 aromatic heterocycles. The van der Waals surface area contributed by atoms with Crippen molar-refractivity contribution in [1.29, 1.82) is 0 Å². The summed E-state index contributed by atoms with van der Waals surface area (Å²) in [5.74, 6) is 0.548. The first kappa shape index (κ1) is 17.9. The summed E-state index contributed by atoms with van der Waals surface area (Å²) in [4.78, 5) is 12.6. The van der Waals surface area contributed by atoms with E-state index in [0.717, 1.165) is 43.2 Å². The predicted molar refractivity (Wildman–Crippen MR) is 105 cm³/mol. The van der Waals surface area contributed by atoms with Crippen LogP contribution in [0, 0.1) is 13.8 Å². The van der Waals surface area contributed by atoms with Crippen LogP contribution in [0.25, 0.3) is 0 Å². The lowest BCUT2D eigenvalue weighted by Gasteiger charge is -2.32. The summed E-state index contributed by atoms with van der Waals surface area (Å²) in [6, 6.07) is 11.1.